The van der Waals surface area contributed by atoms with Gasteiger partial charge in [0.15, 0.2) is 0 Å². The summed E-state index contributed by atoms with van der Waals surface area (Å²) in [7, 11) is 2.96. The monoisotopic (exact) mass is 371 g/mol. The molecule has 7 nitrogen and oxygen atoms in total. The summed E-state index contributed by atoms with van der Waals surface area (Å²) in [5.41, 5.74) is 2.72. The predicted molar refractivity (Wildman–Crippen MR) is 103 cm³/mol. The van der Waals surface area contributed by atoms with Gasteiger partial charge in [0.2, 0.25) is 11.8 Å². The number of carbonyl (C=O) groups excluding carboxylic acids is 1. The largest absolute Gasteiger partial charge is 0.491 e. The van der Waals surface area contributed by atoms with Crippen LogP contribution in [0, 0.1) is 13.8 Å². The molecule has 0 saturated carbocycles. The van der Waals surface area contributed by atoms with Crippen LogP contribution in [0.1, 0.15) is 23.6 Å². The Morgan fingerprint density at radius 2 is 1.93 bits per heavy atom. The molecule has 27 heavy (non-hydrogen) atoms. The normalized spacial score (nSPS) is 11.9. The number of aromatic nitrogens is 2. The van der Waals surface area contributed by atoms with Crippen molar-refractivity contribution in [3.05, 3.63) is 47.2 Å². The molecule has 1 heterocycles. The third-order valence-corrected chi connectivity index (χ3v) is 3.82. The lowest BCUT2D eigenvalue weighted by Gasteiger charge is -2.16. The number of hydrogen-bond acceptors (Lipinski definition) is 6. The molecular formula is C20H25N3O4. The van der Waals surface area contributed by atoms with Crippen LogP contribution in [0.2, 0.25) is 0 Å². The minimum absolute atomic E-state index is 0.157. The SMILES string of the molecule is COc1ncc(C=CC(=O)NC(C)COc2c(C)cccc2C)c(OC)n1. The topological polar surface area (TPSA) is 82.6 Å². The molecule has 0 aliphatic heterocycles. The van der Waals surface area contributed by atoms with Crippen molar-refractivity contribution in [3.63, 3.8) is 0 Å². The molecule has 0 aliphatic carbocycles. The van der Waals surface area contributed by atoms with Crippen molar-refractivity contribution < 1.29 is 19.0 Å². The number of nitrogens with zero attached hydrogens (tertiary/aromatic N) is 2. The van der Waals surface area contributed by atoms with Crippen molar-refractivity contribution in [2.24, 2.45) is 0 Å². The Hall–Kier alpha value is -3.09. The molecule has 0 radical (unpaired) electrons. The lowest BCUT2D eigenvalue weighted by Crippen LogP contribution is -2.35. The molecule has 0 spiro atoms. The number of carbonyl (C=O) groups is 1. The first kappa shape index (κ1) is 20.2. The maximum atomic E-state index is 12.1. The molecule has 2 aromatic rings. The van der Waals surface area contributed by atoms with Gasteiger partial charge in [0.05, 0.1) is 25.8 Å². The molecule has 7 heteroatoms. The second-order valence-corrected chi connectivity index (χ2v) is 6.10. The maximum absolute atomic E-state index is 12.1. The number of nitrogens with one attached hydrogen (secondary N) is 1. The van der Waals surface area contributed by atoms with Crippen molar-refractivity contribution in [2.75, 3.05) is 20.8 Å². The minimum Gasteiger partial charge on any atom is -0.491 e. The highest BCUT2D eigenvalue weighted by Gasteiger charge is 2.10. The molecule has 0 bridgehead atoms. The van der Waals surface area contributed by atoms with E-state index in [1.165, 1.54) is 26.5 Å². The Kier molecular flexibility index (Phi) is 7.16. The smallest absolute Gasteiger partial charge is 0.319 e. The van der Waals surface area contributed by atoms with Crippen LogP contribution >= 0.6 is 0 Å². The fourth-order valence-corrected chi connectivity index (χ4v) is 2.47. The van der Waals surface area contributed by atoms with E-state index in [-0.39, 0.29) is 18.0 Å². The van der Waals surface area contributed by atoms with E-state index < -0.39 is 0 Å². The first-order valence-corrected chi connectivity index (χ1v) is 8.57. The molecule has 1 aromatic carbocycles. The second-order valence-electron chi connectivity index (χ2n) is 6.10. The number of amides is 1. The van der Waals surface area contributed by atoms with Crippen LogP contribution in [0.3, 0.4) is 0 Å². The van der Waals surface area contributed by atoms with E-state index in [1.54, 1.807) is 6.08 Å². The van der Waals surface area contributed by atoms with Crippen LogP contribution in [-0.4, -0.2) is 42.7 Å². The summed E-state index contributed by atoms with van der Waals surface area (Å²) in [4.78, 5) is 20.2. The van der Waals surface area contributed by atoms with Crippen molar-refractivity contribution in [3.8, 4) is 17.6 Å². The lowest BCUT2D eigenvalue weighted by atomic mass is 10.1. The Labute approximate surface area is 159 Å². The number of methoxy groups -OCH3 is 2. The van der Waals surface area contributed by atoms with Gasteiger partial charge in [-0.1, -0.05) is 18.2 Å². The van der Waals surface area contributed by atoms with Gasteiger partial charge in [-0.05, 0) is 38.0 Å². The second kappa shape index (κ2) is 9.56. The van der Waals surface area contributed by atoms with E-state index in [9.17, 15) is 4.79 Å². The zero-order valence-corrected chi connectivity index (χ0v) is 16.3. The molecular weight excluding hydrogens is 346 g/mol. The van der Waals surface area contributed by atoms with Crippen LogP contribution in [0.4, 0.5) is 0 Å². The van der Waals surface area contributed by atoms with E-state index in [2.05, 4.69) is 15.3 Å². The zero-order valence-electron chi connectivity index (χ0n) is 16.3. The molecule has 0 fully saturated rings. The van der Waals surface area contributed by atoms with Gasteiger partial charge in [-0.3, -0.25) is 4.79 Å². The molecule has 0 aliphatic rings. The Bertz CT molecular complexity index is 801. The van der Waals surface area contributed by atoms with Crippen molar-refractivity contribution in [1.29, 1.82) is 0 Å². The Morgan fingerprint density at radius 3 is 2.56 bits per heavy atom. The van der Waals surface area contributed by atoms with Gasteiger partial charge in [-0.15, -0.1) is 0 Å². The van der Waals surface area contributed by atoms with E-state index in [0.717, 1.165) is 16.9 Å². The molecule has 1 N–H and O–H groups in total. The summed E-state index contributed by atoms with van der Waals surface area (Å²) in [5, 5.41) is 2.86. The third-order valence-electron chi connectivity index (χ3n) is 3.82. The fraction of sp³-hybridized carbons (Fsp3) is 0.350. The zero-order chi connectivity index (χ0) is 19.8. The van der Waals surface area contributed by atoms with Crippen LogP contribution in [-0.2, 0) is 4.79 Å². The van der Waals surface area contributed by atoms with Gasteiger partial charge in [-0.25, -0.2) is 4.98 Å². The van der Waals surface area contributed by atoms with Gasteiger partial charge in [0.25, 0.3) is 0 Å². The molecule has 1 amide bonds. The number of ether oxygens (including phenoxy) is 3. The van der Waals surface area contributed by atoms with Gasteiger partial charge >= 0.3 is 6.01 Å². The van der Waals surface area contributed by atoms with E-state index in [0.29, 0.717) is 18.1 Å². The van der Waals surface area contributed by atoms with E-state index >= 15 is 0 Å². The lowest BCUT2D eigenvalue weighted by molar-refractivity contribution is -0.117. The highest BCUT2D eigenvalue weighted by molar-refractivity contribution is 5.92. The van der Waals surface area contributed by atoms with Gasteiger partial charge in [-0.2, -0.15) is 4.98 Å². The molecule has 2 rings (SSSR count). The van der Waals surface area contributed by atoms with Gasteiger partial charge < -0.3 is 19.5 Å². The average molecular weight is 371 g/mol. The summed E-state index contributed by atoms with van der Waals surface area (Å²) >= 11 is 0. The van der Waals surface area contributed by atoms with Crippen molar-refractivity contribution in [1.82, 2.24) is 15.3 Å². The number of para-hydroxylation sites is 1. The van der Waals surface area contributed by atoms with Crippen LogP contribution in [0.5, 0.6) is 17.6 Å². The first-order chi connectivity index (χ1) is 12.9. The highest BCUT2D eigenvalue weighted by atomic mass is 16.5. The number of hydrogen-bond donors (Lipinski definition) is 1. The van der Waals surface area contributed by atoms with E-state index in [4.69, 9.17) is 14.2 Å². The third kappa shape index (κ3) is 5.70. The molecule has 0 saturated heterocycles. The highest BCUT2D eigenvalue weighted by Crippen LogP contribution is 2.22. The van der Waals surface area contributed by atoms with Crippen molar-refractivity contribution >= 4 is 12.0 Å². The molecule has 144 valence electrons. The van der Waals surface area contributed by atoms with Gasteiger partial charge in [0.1, 0.15) is 12.4 Å². The summed E-state index contributed by atoms with van der Waals surface area (Å²) in [6, 6.07) is 6.03. The maximum Gasteiger partial charge on any atom is 0.319 e. The molecule has 1 unspecified atom stereocenters. The Balaban J connectivity index is 1.92. The van der Waals surface area contributed by atoms with Gasteiger partial charge in [0, 0.05) is 12.3 Å². The standard InChI is InChI=1S/C20H25N3O4/c1-13-7-6-8-14(2)18(13)27-12-15(3)22-17(24)10-9-16-11-21-20(26-5)23-19(16)25-4/h6-11,15H,12H2,1-5H3,(H,22,24). The van der Waals surface area contributed by atoms with Crippen LogP contribution in [0.15, 0.2) is 30.5 Å². The Morgan fingerprint density at radius 1 is 1.22 bits per heavy atom. The summed E-state index contributed by atoms with van der Waals surface area (Å²) in [5.74, 6) is 0.942. The predicted octanol–water partition coefficient (Wildman–Crippen LogP) is 2.71. The fourth-order valence-electron chi connectivity index (χ4n) is 2.47. The first-order valence-electron chi connectivity index (χ1n) is 8.57. The molecule has 1 atom stereocenters. The van der Waals surface area contributed by atoms with Crippen LogP contribution in [0.25, 0.3) is 6.08 Å². The summed E-state index contributed by atoms with van der Waals surface area (Å²) in [6.07, 6.45) is 4.53. The average Bonchev–Trinajstić information content (AvgIpc) is 2.65. The number of benzene rings is 1. The number of aryl methyl sites for hydroxylation is 2. The minimum atomic E-state index is -0.245. The van der Waals surface area contributed by atoms with E-state index in [1.807, 2.05) is 39.0 Å². The van der Waals surface area contributed by atoms with Crippen LogP contribution < -0.4 is 19.5 Å². The molecule has 1 aromatic heterocycles. The van der Waals surface area contributed by atoms with Crippen molar-refractivity contribution in [2.45, 2.75) is 26.8 Å². The quantitative estimate of drug-likeness (QED) is 0.719. The summed E-state index contributed by atoms with van der Waals surface area (Å²) < 4.78 is 16.0. The number of rotatable bonds is 8. The summed E-state index contributed by atoms with van der Waals surface area (Å²) in [6.45, 7) is 6.26.